The van der Waals surface area contributed by atoms with Gasteiger partial charge in [-0.1, -0.05) is 18.4 Å². The van der Waals surface area contributed by atoms with Crippen molar-refractivity contribution in [2.75, 3.05) is 37.7 Å². The summed E-state index contributed by atoms with van der Waals surface area (Å²) in [4.78, 5) is 15.2. The normalized spacial score (nSPS) is 26.3. The highest BCUT2D eigenvalue weighted by atomic mass is 19.1. The van der Waals surface area contributed by atoms with Crippen LogP contribution in [0.4, 0.5) is 19.0 Å². The van der Waals surface area contributed by atoms with E-state index in [4.69, 9.17) is 16.6 Å². The summed E-state index contributed by atoms with van der Waals surface area (Å²) < 4.78 is 86.5. The van der Waals surface area contributed by atoms with E-state index in [1.165, 1.54) is 24.4 Å². The number of fused-ring (bicyclic) bond motifs is 3. The average molecular weight is 593 g/mol. The number of phenols is 1. The Balaban J connectivity index is 1.43. The highest BCUT2D eigenvalue weighted by Crippen LogP contribution is 2.41. The maximum Gasteiger partial charge on any atom is 0.319 e. The van der Waals surface area contributed by atoms with E-state index in [-0.39, 0.29) is 89.5 Å². The zero-order valence-electron chi connectivity index (χ0n) is 27.1. The molecule has 3 aliphatic heterocycles. The number of halogens is 3. The number of anilines is 1. The van der Waals surface area contributed by atoms with Crippen LogP contribution >= 0.6 is 0 Å². The Labute approximate surface area is 252 Å². The van der Waals surface area contributed by atoms with Gasteiger partial charge in [-0.3, -0.25) is 14.9 Å². The third-order valence-electron chi connectivity index (χ3n) is 8.48. The van der Waals surface area contributed by atoms with E-state index in [0.717, 1.165) is 17.5 Å². The Hall–Kier alpha value is -4.14. The van der Waals surface area contributed by atoms with Gasteiger partial charge in [0.25, 0.3) is 0 Å². The van der Waals surface area contributed by atoms with Gasteiger partial charge < -0.3 is 9.84 Å². The van der Waals surface area contributed by atoms with Crippen LogP contribution in [-0.2, 0) is 0 Å². The fourth-order valence-corrected chi connectivity index (χ4v) is 6.51. The maximum atomic E-state index is 16.8. The fraction of sp³-hybridized carbons (Fsp3) is 0.406. The molecule has 0 aliphatic carbocycles. The number of terminal acetylenes is 1. The number of hydrogen-bond donors (Lipinski definition) is 2. The number of hydrogen-bond acceptors (Lipinski definition) is 8. The molecule has 0 saturated carbocycles. The van der Waals surface area contributed by atoms with Crippen molar-refractivity contribution in [3.8, 4) is 35.4 Å². The molecule has 0 spiro atoms. The van der Waals surface area contributed by atoms with E-state index in [1.54, 1.807) is 0 Å². The first kappa shape index (κ1) is 23.3. The van der Waals surface area contributed by atoms with Crippen molar-refractivity contribution in [2.45, 2.75) is 50.2 Å². The summed E-state index contributed by atoms with van der Waals surface area (Å²) in [6.45, 7) is -3.22. The molecule has 11 heteroatoms. The lowest BCUT2D eigenvalue weighted by atomic mass is 9.95. The number of aromatic hydroxyl groups is 1. The summed E-state index contributed by atoms with van der Waals surface area (Å²) >= 11 is 0. The van der Waals surface area contributed by atoms with Crippen molar-refractivity contribution >= 4 is 27.5 Å². The molecule has 2 aromatic carbocycles. The van der Waals surface area contributed by atoms with Crippen LogP contribution in [0.25, 0.3) is 32.9 Å². The van der Waals surface area contributed by atoms with Gasteiger partial charge in [0.05, 0.1) is 19.2 Å². The predicted octanol–water partition coefficient (Wildman–Crippen LogP) is 5.26. The number of pyridine rings is 1. The summed E-state index contributed by atoms with van der Waals surface area (Å²) in [6, 6.07) is 4.80. The summed E-state index contributed by atoms with van der Waals surface area (Å²) in [7, 11) is 0. The summed E-state index contributed by atoms with van der Waals surface area (Å²) in [6.07, 6.45) is 7.77. The van der Waals surface area contributed by atoms with E-state index in [2.05, 4.69) is 26.3 Å². The van der Waals surface area contributed by atoms with Crippen molar-refractivity contribution < 1.29 is 28.5 Å². The number of aromatic nitrogens is 3. The molecule has 3 aliphatic rings. The maximum absolute atomic E-state index is 16.8. The molecule has 3 fully saturated rings. The molecule has 2 N–H and O–H groups in total. The van der Waals surface area contributed by atoms with Crippen LogP contribution in [0.3, 0.4) is 0 Å². The molecule has 7 rings (SSSR count). The second kappa shape index (κ2) is 10.8. The predicted molar refractivity (Wildman–Crippen MR) is 158 cm³/mol. The van der Waals surface area contributed by atoms with E-state index in [1.807, 2.05) is 4.90 Å². The minimum absolute atomic E-state index is 0.00107. The number of hydrazine groups is 1. The van der Waals surface area contributed by atoms with Crippen LogP contribution in [-0.4, -0.2) is 69.4 Å². The van der Waals surface area contributed by atoms with E-state index < -0.39 is 36.3 Å². The van der Waals surface area contributed by atoms with Crippen LogP contribution < -0.4 is 15.2 Å². The van der Waals surface area contributed by atoms with Gasteiger partial charge in [0.15, 0.2) is 11.6 Å². The average Bonchev–Trinajstić information content (AvgIpc) is 3.50. The fourth-order valence-electron chi connectivity index (χ4n) is 6.51. The zero-order valence-corrected chi connectivity index (χ0v) is 23.1. The number of rotatable bonds is 5. The molecule has 0 radical (unpaired) electrons. The second-order valence-corrected chi connectivity index (χ2v) is 11.2. The van der Waals surface area contributed by atoms with Gasteiger partial charge in [-0.05, 0) is 55.8 Å². The molecule has 43 heavy (non-hydrogen) atoms. The molecule has 3 saturated heterocycles. The quantitative estimate of drug-likeness (QED) is 0.304. The van der Waals surface area contributed by atoms with Crippen molar-refractivity contribution in [1.29, 1.82) is 0 Å². The Kier molecular flexibility index (Phi) is 5.89. The number of nitrogens with zero attached hydrogens (tertiary/aromatic N) is 5. The lowest BCUT2D eigenvalue weighted by molar-refractivity contribution is 0.107. The third-order valence-corrected chi connectivity index (χ3v) is 8.48. The summed E-state index contributed by atoms with van der Waals surface area (Å²) in [5, 5.41) is 11.8. The van der Waals surface area contributed by atoms with Crippen LogP contribution in [0.2, 0.25) is 0 Å². The molecule has 8 nitrogen and oxygen atoms in total. The first-order valence-corrected chi connectivity index (χ1v) is 14.2. The molecule has 2 atom stereocenters. The largest absolute Gasteiger partial charge is 0.508 e. The van der Waals surface area contributed by atoms with E-state index in [0.29, 0.717) is 18.4 Å². The third kappa shape index (κ3) is 4.79. The SMILES string of the molecule is [2H]C1([2H])CCCC([2H])([2H])N(c2nc(OC[C@@]34CCCN3C[C@H](F)C4)nc3c(F)c(-c4cc(O)cc5ccc(F)c(C#C)c45)ncc23)N1. The van der Waals surface area contributed by atoms with Gasteiger partial charge in [0, 0.05) is 45.8 Å². The molecule has 2 aromatic heterocycles. The molecule has 5 heterocycles. The number of benzene rings is 2. The van der Waals surface area contributed by atoms with Crippen LogP contribution in [0.15, 0.2) is 30.5 Å². The molecule has 222 valence electrons. The summed E-state index contributed by atoms with van der Waals surface area (Å²) in [5.41, 5.74) is 1.16. The van der Waals surface area contributed by atoms with Crippen molar-refractivity contribution in [2.24, 2.45) is 0 Å². The van der Waals surface area contributed by atoms with E-state index >= 15 is 4.39 Å². The van der Waals surface area contributed by atoms with Crippen molar-refractivity contribution in [3.63, 3.8) is 0 Å². The Bertz CT molecular complexity index is 1960. The van der Waals surface area contributed by atoms with Gasteiger partial charge in [0.1, 0.15) is 35.6 Å². The standard InChI is InChI=1S/C32H31F3N6O2/c1-2-22-25(34)8-7-19-13-21(42)14-23(26(19)22)28-27(35)29-24(16-36-28)30(41-12-5-3-4-10-37-41)39-31(38-29)43-18-32-9-6-11-40(32)17-20(33)15-32/h1,7-8,13-14,16,20,37,42H,3-6,9-12,15,17-18H2/t20-,32+/m1/s1/i10D2,12D2. The van der Waals surface area contributed by atoms with Gasteiger partial charge in [-0.2, -0.15) is 9.97 Å². The molecule has 4 aromatic rings. The highest BCUT2D eigenvalue weighted by molar-refractivity contribution is 6.03. The van der Waals surface area contributed by atoms with Gasteiger partial charge in [-0.25, -0.2) is 18.6 Å². The first-order chi connectivity index (χ1) is 22.3. The van der Waals surface area contributed by atoms with E-state index in [9.17, 15) is 13.9 Å². The molecule has 0 amide bonds. The summed E-state index contributed by atoms with van der Waals surface area (Å²) in [5.74, 6) is 0.0957. The van der Waals surface area contributed by atoms with Gasteiger partial charge >= 0.3 is 6.01 Å². The Morgan fingerprint density at radius 3 is 2.95 bits per heavy atom. The van der Waals surface area contributed by atoms with Crippen molar-refractivity contribution in [3.05, 3.63) is 47.7 Å². The van der Waals surface area contributed by atoms with Crippen molar-refractivity contribution in [1.82, 2.24) is 25.3 Å². The molecule has 0 unspecified atom stereocenters. The number of phenolic OH excluding ortho intramolecular Hbond substituents is 1. The van der Waals surface area contributed by atoms with Crippen LogP contribution in [0.5, 0.6) is 11.8 Å². The number of nitrogens with one attached hydrogen (secondary N) is 1. The minimum Gasteiger partial charge on any atom is -0.508 e. The monoisotopic (exact) mass is 592 g/mol. The first-order valence-electron chi connectivity index (χ1n) is 16.2. The van der Waals surface area contributed by atoms with Gasteiger partial charge in [0.2, 0.25) is 0 Å². The Morgan fingerprint density at radius 1 is 1.21 bits per heavy atom. The molecular weight excluding hydrogens is 557 g/mol. The minimum atomic E-state index is -2.17. The highest BCUT2D eigenvalue weighted by Gasteiger charge is 2.49. The lowest BCUT2D eigenvalue weighted by Gasteiger charge is -2.31. The number of alkyl halides is 1. The van der Waals surface area contributed by atoms with Gasteiger partial charge in [-0.15, -0.1) is 6.42 Å². The second-order valence-electron chi connectivity index (χ2n) is 11.2. The molecular formula is C32H31F3N6O2. The smallest absolute Gasteiger partial charge is 0.319 e. The lowest BCUT2D eigenvalue weighted by Crippen LogP contribution is -2.43. The zero-order chi connectivity index (χ0) is 33.3. The Morgan fingerprint density at radius 2 is 2.09 bits per heavy atom. The topological polar surface area (TPSA) is 86.6 Å². The molecule has 0 bridgehead atoms. The number of ether oxygens (including phenoxy) is 1. The van der Waals surface area contributed by atoms with Crippen LogP contribution in [0, 0.1) is 24.0 Å². The van der Waals surface area contributed by atoms with Crippen LogP contribution in [0.1, 0.15) is 49.6 Å².